The Labute approximate surface area is 122 Å². The van der Waals surface area contributed by atoms with Crippen LogP contribution in [0.25, 0.3) is 0 Å². The molecular weight excluding hydrogens is 274 g/mol. The third-order valence-electron chi connectivity index (χ3n) is 4.28. The normalized spacial score (nSPS) is 24.5. The molecule has 6 heteroatoms. The van der Waals surface area contributed by atoms with Crippen LogP contribution in [0.4, 0.5) is 0 Å². The van der Waals surface area contributed by atoms with E-state index in [1.807, 2.05) is 12.1 Å². The SMILES string of the molecule is CC1(C)[C@H](C(=O)O)[C@@H]1C(=O)NCc1ccc2c(c1)OCO2. The first-order valence-corrected chi connectivity index (χ1v) is 6.80. The summed E-state index contributed by atoms with van der Waals surface area (Å²) in [6.07, 6.45) is 0. The third-order valence-corrected chi connectivity index (χ3v) is 4.28. The van der Waals surface area contributed by atoms with Crippen molar-refractivity contribution in [3.05, 3.63) is 23.8 Å². The lowest BCUT2D eigenvalue weighted by molar-refractivity contribution is -0.140. The molecule has 112 valence electrons. The molecule has 1 aliphatic heterocycles. The zero-order valence-corrected chi connectivity index (χ0v) is 11.9. The van der Waals surface area contributed by atoms with Crippen molar-refractivity contribution in [1.82, 2.24) is 5.32 Å². The average Bonchev–Trinajstić information content (AvgIpc) is 2.80. The molecule has 0 radical (unpaired) electrons. The number of benzene rings is 1. The van der Waals surface area contributed by atoms with Gasteiger partial charge in [0.1, 0.15) is 0 Å². The van der Waals surface area contributed by atoms with Gasteiger partial charge in [0.15, 0.2) is 11.5 Å². The van der Waals surface area contributed by atoms with Gasteiger partial charge < -0.3 is 19.9 Å². The molecule has 1 aromatic rings. The lowest BCUT2D eigenvalue weighted by atomic mass is 10.1. The number of fused-ring (bicyclic) bond motifs is 1. The molecule has 1 heterocycles. The maximum atomic E-state index is 12.1. The number of hydrogen-bond donors (Lipinski definition) is 2. The molecule has 1 amide bonds. The Morgan fingerprint density at radius 1 is 1.29 bits per heavy atom. The van der Waals surface area contributed by atoms with Gasteiger partial charge >= 0.3 is 5.97 Å². The highest BCUT2D eigenvalue weighted by molar-refractivity contribution is 5.91. The largest absolute Gasteiger partial charge is 0.481 e. The van der Waals surface area contributed by atoms with Crippen molar-refractivity contribution in [2.45, 2.75) is 20.4 Å². The van der Waals surface area contributed by atoms with Gasteiger partial charge in [0.25, 0.3) is 0 Å². The summed E-state index contributed by atoms with van der Waals surface area (Å²) >= 11 is 0. The molecule has 1 fully saturated rings. The molecule has 0 unspecified atom stereocenters. The Morgan fingerprint density at radius 2 is 2.00 bits per heavy atom. The molecule has 1 aliphatic carbocycles. The molecule has 2 atom stereocenters. The summed E-state index contributed by atoms with van der Waals surface area (Å²) in [5.74, 6) is -0.845. The van der Waals surface area contributed by atoms with Crippen molar-refractivity contribution in [2.75, 3.05) is 6.79 Å². The fourth-order valence-electron chi connectivity index (χ4n) is 2.94. The molecule has 1 saturated carbocycles. The van der Waals surface area contributed by atoms with Gasteiger partial charge in [-0.3, -0.25) is 9.59 Å². The minimum Gasteiger partial charge on any atom is -0.481 e. The lowest BCUT2D eigenvalue weighted by Gasteiger charge is -2.07. The van der Waals surface area contributed by atoms with Gasteiger partial charge in [-0.25, -0.2) is 0 Å². The smallest absolute Gasteiger partial charge is 0.307 e. The van der Waals surface area contributed by atoms with Gasteiger partial charge in [0.05, 0.1) is 11.8 Å². The Balaban J connectivity index is 1.61. The summed E-state index contributed by atoms with van der Waals surface area (Å²) in [7, 11) is 0. The van der Waals surface area contributed by atoms with E-state index in [1.54, 1.807) is 19.9 Å². The molecule has 3 rings (SSSR count). The number of carbonyl (C=O) groups excluding carboxylic acids is 1. The molecule has 21 heavy (non-hydrogen) atoms. The van der Waals surface area contributed by atoms with Gasteiger partial charge in [-0.1, -0.05) is 19.9 Å². The summed E-state index contributed by atoms with van der Waals surface area (Å²) < 4.78 is 10.5. The number of carboxylic acid groups (broad SMARTS) is 1. The van der Waals surface area contributed by atoms with Gasteiger partial charge in [-0.15, -0.1) is 0 Å². The van der Waals surface area contributed by atoms with Crippen molar-refractivity contribution in [3.63, 3.8) is 0 Å². The van der Waals surface area contributed by atoms with Crippen LogP contribution in [-0.4, -0.2) is 23.8 Å². The monoisotopic (exact) mass is 291 g/mol. The first-order chi connectivity index (χ1) is 9.91. The lowest BCUT2D eigenvalue weighted by Crippen LogP contribution is -2.26. The van der Waals surface area contributed by atoms with Crippen LogP contribution in [0.15, 0.2) is 18.2 Å². The predicted molar refractivity (Wildman–Crippen MR) is 72.8 cm³/mol. The van der Waals surface area contributed by atoms with Crippen LogP contribution in [0.3, 0.4) is 0 Å². The van der Waals surface area contributed by atoms with Crippen molar-refractivity contribution in [3.8, 4) is 11.5 Å². The summed E-state index contributed by atoms with van der Waals surface area (Å²) in [5.41, 5.74) is 0.406. The van der Waals surface area contributed by atoms with E-state index >= 15 is 0 Å². The van der Waals surface area contributed by atoms with Crippen LogP contribution < -0.4 is 14.8 Å². The van der Waals surface area contributed by atoms with E-state index in [0.717, 1.165) is 5.56 Å². The molecule has 0 bridgehead atoms. The van der Waals surface area contributed by atoms with E-state index in [0.29, 0.717) is 18.0 Å². The standard InChI is InChI=1S/C15H17NO5/c1-15(2)11(12(15)14(18)19)13(17)16-6-8-3-4-9-10(5-8)21-7-20-9/h3-5,11-12H,6-7H2,1-2H3,(H,16,17)(H,18,19)/t11-,12+/m1/s1. The van der Waals surface area contributed by atoms with Crippen molar-refractivity contribution >= 4 is 11.9 Å². The molecule has 2 N–H and O–H groups in total. The second-order valence-electron chi connectivity index (χ2n) is 6.02. The molecule has 6 nitrogen and oxygen atoms in total. The summed E-state index contributed by atoms with van der Waals surface area (Å²) in [5, 5.41) is 11.9. The molecule has 0 saturated heterocycles. The molecule has 0 aromatic heterocycles. The molecular formula is C15H17NO5. The van der Waals surface area contributed by atoms with E-state index in [4.69, 9.17) is 14.6 Å². The highest BCUT2D eigenvalue weighted by Crippen LogP contribution is 2.58. The Kier molecular flexibility index (Phi) is 3.04. The number of rotatable bonds is 4. The predicted octanol–water partition coefficient (Wildman–Crippen LogP) is 1.39. The topological polar surface area (TPSA) is 84.9 Å². The van der Waals surface area contributed by atoms with Crippen molar-refractivity contribution < 1.29 is 24.2 Å². The molecule has 1 aromatic carbocycles. The zero-order valence-electron chi connectivity index (χ0n) is 11.9. The van der Waals surface area contributed by atoms with Crippen molar-refractivity contribution in [1.29, 1.82) is 0 Å². The van der Waals surface area contributed by atoms with Gasteiger partial charge in [-0.2, -0.15) is 0 Å². The van der Waals surface area contributed by atoms with E-state index in [1.165, 1.54) is 0 Å². The summed E-state index contributed by atoms with van der Waals surface area (Å²) in [6, 6.07) is 5.46. The highest BCUT2D eigenvalue weighted by atomic mass is 16.7. The second-order valence-corrected chi connectivity index (χ2v) is 6.02. The minimum absolute atomic E-state index is 0.210. The number of hydrogen-bond acceptors (Lipinski definition) is 4. The number of ether oxygens (including phenoxy) is 2. The van der Waals surface area contributed by atoms with E-state index in [2.05, 4.69) is 5.32 Å². The van der Waals surface area contributed by atoms with Crippen LogP contribution in [0.2, 0.25) is 0 Å². The Bertz CT molecular complexity index is 610. The van der Waals surface area contributed by atoms with Crippen molar-refractivity contribution in [2.24, 2.45) is 17.3 Å². The van der Waals surface area contributed by atoms with Crippen LogP contribution >= 0.6 is 0 Å². The van der Waals surface area contributed by atoms with Crippen LogP contribution in [-0.2, 0) is 16.1 Å². The fraction of sp³-hybridized carbons (Fsp3) is 0.467. The number of carboxylic acids is 1. The maximum absolute atomic E-state index is 12.1. The Hall–Kier alpha value is -2.24. The van der Waals surface area contributed by atoms with Crippen LogP contribution in [0.5, 0.6) is 11.5 Å². The maximum Gasteiger partial charge on any atom is 0.307 e. The summed E-state index contributed by atoms with van der Waals surface area (Å²) in [6.45, 7) is 4.16. The number of carbonyl (C=O) groups is 2. The molecule has 2 aliphatic rings. The Morgan fingerprint density at radius 3 is 2.67 bits per heavy atom. The quantitative estimate of drug-likeness (QED) is 0.875. The third kappa shape index (κ3) is 2.30. The average molecular weight is 291 g/mol. The van der Waals surface area contributed by atoms with Crippen LogP contribution in [0, 0.1) is 17.3 Å². The first kappa shape index (κ1) is 13.7. The fourth-order valence-corrected chi connectivity index (χ4v) is 2.94. The number of nitrogens with one attached hydrogen (secondary N) is 1. The summed E-state index contributed by atoms with van der Waals surface area (Å²) in [4.78, 5) is 23.2. The zero-order chi connectivity index (χ0) is 15.2. The number of aliphatic carboxylic acids is 1. The van der Waals surface area contributed by atoms with E-state index in [9.17, 15) is 9.59 Å². The second kappa shape index (κ2) is 4.65. The van der Waals surface area contributed by atoms with E-state index < -0.39 is 23.2 Å². The van der Waals surface area contributed by atoms with Gasteiger partial charge in [0.2, 0.25) is 12.7 Å². The van der Waals surface area contributed by atoms with Gasteiger partial charge in [0, 0.05) is 6.54 Å². The minimum atomic E-state index is -0.914. The first-order valence-electron chi connectivity index (χ1n) is 6.80. The molecule has 0 spiro atoms. The van der Waals surface area contributed by atoms with E-state index in [-0.39, 0.29) is 12.7 Å². The van der Waals surface area contributed by atoms with Crippen LogP contribution in [0.1, 0.15) is 19.4 Å². The number of amides is 1. The highest BCUT2D eigenvalue weighted by Gasteiger charge is 2.65. The van der Waals surface area contributed by atoms with Gasteiger partial charge in [-0.05, 0) is 23.1 Å².